The van der Waals surface area contributed by atoms with E-state index >= 15 is 0 Å². The summed E-state index contributed by atoms with van der Waals surface area (Å²) in [5.41, 5.74) is 0. The standard InChI is InChI=1S/C9H18N2O3S/c1-10-9(12)3-2-4-15(13,14)7-8-5-11-6-8/h8,11H,2-7H2,1H3,(H,10,12). The lowest BCUT2D eigenvalue weighted by Gasteiger charge is -2.26. The fourth-order valence-electron chi connectivity index (χ4n) is 1.49. The largest absolute Gasteiger partial charge is 0.359 e. The highest BCUT2D eigenvalue weighted by Crippen LogP contribution is 2.09. The molecule has 1 aliphatic heterocycles. The van der Waals surface area contributed by atoms with E-state index in [-0.39, 0.29) is 23.3 Å². The molecule has 0 atom stereocenters. The van der Waals surface area contributed by atoms with E-state index in [0.717, 1.165) is 13.1 Å². The minimum Gasteiger partial charge on any atom is -0.359 e. The van der Waals surface area contributed by atoms with Crippen LogP contribution < -0.4 is 10.6 Å². The van der Waals surface area contributed by atoms with E-state index in [9.17, 15) is 13.2 Å². The third-order valence-corrected chi connectivity index (χ3v) is 4.38. The number of rotatable bonds is 6. The Labute approximate surface area is 90.5 Å². The lowest BCUT2D eigenvalue weighted by atomic mass is 10.1. The van der Waals surface area contributed by atoms with E-state index < -0.39 is 9.84 Å². The Balaban J connectivity index is 2.20. The number of amides is 1. The summed E-state index contributed by atoms with van der Waals surface area (Å²) in [4.78, 5) is 10.9. The molecule has 5 nitrogen and oxygen atoms in total. The zero-order valence-corrected chi connectivity index (χ0v) is 9.77. The summed E-state index contributed by atoms with van der Waals surface area (Å²) in [6.07, 6.45) is 0.709. The molecule has 1 amide bonds. The maximum atomic E-state index is 11.5. The molecule has 0 radical (unpaired) electrons. The van der Waals surface area contributed by atoms with E-state index in [4.69, 9.17) is 0 Å². The molecule has 6 heteroatoms. The summed E-state index contributed by atoms with van der Waals surface area (Å²) in [6.45, 7) is 1.60. The van der Waals surface area contributed by atoms with Crippen LogP contribution in [0.25, 0.3) is 0 Å². The first kappa shape index (κ1) is 12.4. The molecule has 1 rings (SSSR count). The van der Waals surface area contributed by atoms with Crippen molar-refractivity contribution >= 4 is 15.7 Å². The molecule has 88 valence electrons. The highest BCUT2D eigenvalue weighted by Gasteiger charge is 2.23. The predicted molar refractivity (Wildman–Crippen MR) is 58.3 cm³/mol. The van der Waals surface area contributed by atoms with Crippen molar-refractivity contribution in [1.29, 1.82) is 0 Å². The smallest absolute Gasteiger partial charge is 0.219 e. The lowest BCUT2D eigenvalue weighted by molar-refractivity contribution is -0.120. The van der Waals surface area contributed by atoms with Crippen molar-refractivity contribution in [3.63, 3.8) is 0 Å². The minimum atomic E-state index is -2.97. The summed E-state index contributed by atoms with van der Waals surface area (Å²) in [5.74, 6) is 0.551. The molecule has 0 aromatic heterocycles. The molecular weight excluding hydrogens is 216 g/mol. The second kappa shape index (κ2) is 5.46. The van der Waals surface area contributed by atoms with Gasteiger partial charge in [-0.25, -0.2) is 8.42 Å². The van der Waals surface area contributed by atoms with E-state index in [1.54, 1.807) is 7.05 Å². The van der Waals surface area contributed by atoms with Crippen molar-refractivity contribution in [2.45, 2.75) is 12.8 Å². The molecule has 1 aliphatic rings. The topological polar surface area (TPSA) is 75.3 Å². The third kappa shape index (κ3) is 4.61. The van der Waals surface area contributed by atoms with Gasteiger partial charge < -0.3 is 10.6 Å². The number of sulfone groups is 1. The van der Waals surface area contributed by atoms with Gasteiger partial charge in [-0.3, -0.25) is 4.79 Å². The zero-order valence-electron chi connectivity index (χ0n) is 8.95. The lowest BCUT2D eigenvalue weighted by Crippen LogP contribution is -2.45. The monoisotopic (exact) mass is 234 g/mol. The Hall–Kier alpha value is -0.620. The molecule has 0 spiro atoms. The highest BCUT2D eigenvalue weighted by atomic mass is 32.2. The first-order chi connectivity index (χ1) is 7.03. The van der Waals surface area contributed by atoms with Crippen molar-refractivity contribution in [2.75, 3.05) is 31.6 Å². The van der Waals surface area contributed by atoms with E-state index in [1.165, 1.54) is 0 Å². The molecule has 0 bridgehead atoms. The Bertz CT molecular complexity index is 309. The molecule has 0 saturated carbocycles. The van der Waals surface area contributed by atoms with Gasteiger partial charge in [-0.2, -0.15) is 0 Å². The normalized spacial score (nSPS) is 17.1. The third-order valence-electron chi connectivity index (χ3n) is 2.49. The van der Waals surface area contributed by atoms with Crippen LogP contribution in [0.2, 0.25) is 0 Å². The van der Waals surface area contributed by atoms with Crippen LogP contribution in [0, 0.1) is 5.92 Å². The first-order valence-corrected chi connectivity index (χ1v) is 6.97. The van der Waals surface area contributed by atoms with Crippen LogP contribution in [0.4, 0.5) is 0 Å². The SMILES string of the molecule is CNC(=O)CCCS(=O)(=O)CC1CNC1. The molecule has 0 aromatic carbocycles. The average molecular weight is 234 g/mol. The fourth-order valence-corrected chi connectivity index (χ4v) is 3.19. The number of carbonyl (C=O) groups excluding carboxylic acids is 1. The van der Waals surface area contributed by atoms with Crippen LogP contribution in [-0.4, -0.2) is 46.0 Å². The second-order valence-electron chi connectivity index (χ2n) is 3.92. The van der Waals surface area contributed by atoms with Crippen LogP contribution in [-0.2, 0) is 14.6 Å². The van der Waals surface area contributed by atoms with Crippen molar-refractivity contribution in [3.05, 3.63) is 0 Å². The van der Waals surface area contributed by atoms with Crippen LogP contribution in [0.15, 0.2) is 0 Å². The summed E-state index contributed by atoms with van der Waals surface area (Å²) in [6, 6.07) is 0. The summed E-state index contributed by atoms with van der Waals surface area (Å²) < 4.78 is 23.1. The molecule has 2 N–H and O–H groups in total. The molecule has 0 aromatic rings. The quantitative estimate of drug-likeness (QED) is 0.627. The van der Waals surface area contributed by atoms with Gasteiger partial charge in [0, 0.05) is 26.6 Å². The number of carbonyl (C=O) groups is 1. The number of nitrogens with one attached hydrogen (secondary N) is 2. The number of hydrogen-bond donors (Lipinski definition) is 2. The molecule has 1 heterocycles. The van der Waals surface area contributed by atoms with Crippen LogP contribution in [0.3, 0.4) is 0 Å². The van der Waals surface area contributed by atoms with Crippen molar-refractivity contribution in [1.82, 2.24) is 10.6 Å². The zero-order chi connectivity index (χ0) is 11.3. The molecular formula is C9H18N2O3S. The molecule has 0 aliphatic carbocycles. The molecule has 1 fully saturated rings. The Morgan fingerprint density at radius 3 is 2.60 bits per heavy atom. The highest BCUT2D eigenvalue weighted by molar-refractivity contribution is 7.91. The van der Waals surface area contributed by atoms with Crippen molar-refractivity contribution in [2.24, 2.45) is 5.92 Å². The Morgan fingerprint density at radius 2 is 2.13 bits per heavy atom. The van der Waals surface area contributed by atoms with Gasteiger partial charge in [-0.15, -0.1) is 0 Å². The van der Waals surface area contributed by atoms with Gasteiger partial charge in [0.05, 0.1) is 11.5 Å². The van der Waals surface area contributed by atoms with E-state index in [1.807, 2.05) is 0 Å². The summed E-state index contributed by atoms with van der Waals surface area (Å²) in [7, 11) is -1.41. The Morgan fingerprint density at radius 1 is 1.47 bits per heavy atom. The van der Waals surface area contributed by atoms with Gasteiger partial charge in [0.15, 0.2) is 9.84 Å². The maximum Gasteiger partial charge on any atom is 0.219 e. The van der Waals surface area contributed by atoms with Crippen LogP contribution >= 0.6 is 0 Å². The molecule has 1 saturated heterocycles. The van der Waals surface area contributed by atoms with E-state index in [2.05, 4.69) is 10.6 Å². The van der Waals surface area contributed by atoms with Gasteiger partial charge >= 0.3 is 0 Å². The first-order valence-electron chi connectivity index (χ1n) is 5.15. The van der Waals surface area contributed by atoms with Gasteiger partial charge in [-0.1, -0.05) is 0 Å². The summed E-state index contributed by atoms with van der Waals surface area (Å²) in [5, 5.41) is 5.51. The number of hydrogen-bond acceptors (Lipinski definition) is 4. The summed E-state index contributed by atoms with van der Waals surface area (Å²) >= 11 is 0. The second-order valence-corrected chi connectivity index (χ2v) is 6.14. The van der Waals surface area contributed by atoms with Crippen molar-refractivity contribution < 1.29 is 13.2 Å². The molecule has 0 unspecified atom stereocenters. The maximum absolute atomic E-state index is 11.5. The van der Waals surface area contributed by atoms with Crippen LogP contribution in [0.5, 0.6) is 0 Å². The van der Waals surface area contributed by atoms with Gasteiger partial charge in [0.2, 0.25) is 5.91 Å². The Kier molecular flexibility index (Phi) is 4.53. The van der Waals surface area contributed by atoms with Crippen LogP contribution in [0.1, 0.15) is 12.8 Å². The fraction of sp³-hybridized carbons (Fsp3) is 0.889. The molecule has 15 heavy (non-hydrogen) atoms. The van der Waals surface area contributed by atoms with Gasteiger partial charge in [-0.05, 0) is 12.3 Å². The van der Waals surface area contributed by atoms with E-state index in [0.29, 0.717) is 12.8 Å². The van der Waals surface area contributed by atoms with Crippen molar-refractivity contribution in [3.8, 4) is 0 Å². The minimum absolute atomic E-state index is 0.101. The van der Waals surface area contributed by atoms with Gasteiger partial charge in [0.25, 0.3) is 0 Å². The van der Waals surface area contributed by atoms with Gasteiger partial charge in [0.1, 0.15) is 0 Å². The predicted octanol–water partition coefficient (Wildman–Crippen LogP) is -0.853. The average Bonchev–Trinajstić information content (AvgIpc) is 2.11.